The molecule has 4 rings (SSSR count). The standard InChI is InChI=1S/C14H16O5/c1-14(8-5-3-2-4-6-8)18-12-11-10(9(15)7-16-11)17-13(12)19-14/h2-6,9-13,15H,7H2,1H3. The molecule has 5 heteroatoms. The Morgan fingerprint density at radius 2 is 1.89 bits per heavy atom. The van der Waals surface area contributed by atoms with Gasteiger partial charge in [-0.3, -0.25) is 0 Å². The number of aliphatic hydroxyl groups excluding tert-OH is 1. The Labute approximate surface area is 111 Å². The van der Waals surface area contributed by atoms with Crippen LogP contribution in [0.15, 0.2) is 30.3 Å². The summed E-state index contributed by atoms with van der Waals surface area (Å²) in [5, 5.41) is 9.74. The molecule has 5 nitrogen and oxygen atoms in total. The topological polar surface area (TPSA) is 57.2 Å². The average Bonchev–Trinajstić information content (AvgIpc) is 3.03. The molecule has 1 aromatic carbocycles. The third-order valence-corrected chi connectivity index (χ3v) is 4.05. The number of hydrogen-bond acceptors (Lipinski definition) is 5. The van der Waals surface area contributed by atoms with Crippen molar-refractivity contribution in [3.63, 3.8) is 0 Å². The maximum absolute atomic E-state index is 9.74. The summed E-state index contributed by atoms with van der Waals surface area (Å²) in [4.78, 5) is 0. The van der Waals surface area contributed by atoms with Crippen LogP contribution in [0.3, 0.4) is 0 Å². The molecule has 0 saturated carbocycles. The maximum atomic E-state index is 9.74. The summed E-state index contributed by atoms with van der Waals surface area (Å²) in [7, 11) is 0. The molecular weight excluding hydrogens is 248 g/mol. The number of aliphatic hydroxyl groups is 1. The zero-order valence-corrected chi connectivity index (χ0v) is 10.6. The van der Waals surface area contributed by atoms with Crippen LogP contribution in [0, 0.1) is 0 Å². The summed E-state index contributed by atoms with van der Waals surface area (Å²) in [6.45, 7) is 2.17. The highest BCUT2D eigenvalue weighted by molar-refractivity contribution is 5.21. The summed E-state index contributed by atoms with van der Waals surface area (Å²) >= 11 is 0. The summed E-state index contributed by atoms with van der Waals surface area (Å²) in [6.07, 6.45) is -1.94. The van der Waals surface area contributed by atoms with Gasteiger partial charge in [0.25, 0.3) is 0 Å². The first-order chi connectivity index (χ1) is 9.17. The van der Waals surface area contributed by atoms with Gasteiger partial charge in [-0.2, -0.15) is 0 Å². The molecule has 3 fully saturated rings. The molecule has 3 saturated heterocycles. The third-order valence-electron chi connectivity index (χ3n) is 4.05. The molecule has 6 atom stereocenters. The first-order valence-electron chi connectivity index (χ1n) is 6.54. The Hall–Kier alpha value is -0.980. The number of fused-ring (bicyclic) bond motifs is 3. The molecule has 3 aliphatic heterocycles. The number of ether oxygens (including phenoxy) is 4. The predicted molar refractivity (Wildman–Crippen MR) is 64.2 cm³/mol. The van der Waals surface area contributed by atoms with Crippen LogP contribution in [0.4, 0.5) is 0 Å². The third kappa shape index (κ3) is 1.67. The van der Waals surface area contributed by atoms with Gasteiger partial charge in [-0.1, -0.05) is 30.3 Å². The maximum Gasteiger partial charge on any atom is 0.195 e. The van der Waals surface area contributed by atoms with Gasteiger partial charge in [0, 0.05) is 5.56 Å². The average molecular weight is 264 g/mol. The van der Waals surface area contributed by atoms with E-state index in [-0.39, 0.29) is 18.3 Å². The highest BCUT2D eigenvalue weighted by atomic mass is 16.8. The quantitative estimate of drug-likeness (QED) is 0.811. The smallest absolute Gasteiger partial charge is 0.195 e. The second-order valence-electron chi connectivity index (χ2n) is 5.35. The zero-order valence-electron chi connectivity index (χ0n) is 10.6. The minimum atomic E-state index is -0.821. The van der Waals surface area contributed by atoms with Gasteiger partial charge in [-0.15, -0.1) is 0 Å². The lowest BCUT2D eigenvalue weighted by Gasteiger charge is -2.26. The molecule has 0 aromatic heterocycles. The van der Waals surface area contributed by atoms with E-state index in [1.54, 1.807) is 0 Å². The molecule has 19 heavy (non-hydrogen) atoms. The van der Waals surface area contributed by atoms with Crippen LogP contribution in [-0.2, 0) is 24.7 Å². The van der Waals surface area contributed by atoms with E-state index in [9.17, 15) is 5.11 Å². The van der Waals surface area contributed by atoms with Crippen molar-refractivity contribution in [2.75, 3.05) is 6.61 Å². The fraction of sp³-hybridized carbons (Fsp3) is 0.571. The molecule has 1 aromatic rings. The summed E-state index contributed by atoms with van der Waals surface area (Å²) in [6, 6.07) is 9.76. The van der Waals surface area contributed by atoms with Crippen LogP contribution in [0.1, 0.15) is 12.5 Å². The minimum Gasteiger partial charge on any atom is -0.388 e. The monoisotopic (exact) mass is 264 g/mol. The molecule has 0 radical (unpaired) electrons. The van der Waals surface area contributed by atoms with Crippen molar-refractivity contribution in [2.45, 2.75) is 43.4 Å². The number of benzene rings is 1. The van der Waals surface area contributed by atoms with Crippen LogP contribution in [0.2, 0.25) is 0 Å². The molecule has 3 aliphatic rings. The Morgan fingerprint density at radius 1 is 1.11 bits per heavy atom. The fourth-order valence-electron chi connectivity index (χ4n) is 3.06. The van der Waals surface area contributed by atoms with Crippen LogP contribution < -0.4 is 0 Å². The molecule has 0 aliphatic carbocycles. The molecule has 0 spiro atoms. The van der Waals surface area contributed by atoms with Crippen LogP contribution in [0.5, 0.6) is 0 Å². The van der Waals surface area contributed by atoms with Gasteiger partial charge in [-0.05, 0) is 6.92 Å². The normalized spacial score (nSPS) is 48.2. The van der Waals surface area contributed by atoms with E-state index in [1.165, 1.54) is 0 Å². The van der Waals surface area contributed by atoms with Crippen molar-refractivity contribution in [3.8, 4) is 0 Å². The Balaban J connectivity index is 1.59. The van der Waals surface area contributed by atoms with Crippen LogP contribution >= 0.6 is 0 Å². The minimum absolute atomic E-state index is 0.245. The van der Waals surface area contributed by atoms with E-state index in [0.717, 1.165) is 5.56 Å². The predicted octanol–water partition coefficient (Wildman–Crippen LogP) is 0.759. The van der Waals surface area contributed by atoms with Gasteiger partial charge < -0.3 is 24.1 Å². The van der Waals surface area contributed by atoms with Gasteiger partial charge in [0.1, 0.15) is 24.4 Å². The highest BCUT2D eigenvalue weighted by Crippen LogP contribution is 2.45. The lowest BCUT2D eigenvalue weighted by atomic mass is 10.1. The van der Waals surface area contributed by atoms with Crippen molar-refractivity contribution in [2.24, 2.45) is 0 Å². The molecule has 102 valence electrons. The van der Waals surface area contributed by atoms with Gasteiger partial charge in [-0.25, -0.2) is 0 Å². The van der Waals surface area contributed by atoms with Gasteiger partial charge in [0.05, 0.1) is 6.61 Å². The van der Waals surface area contributed by atoms with E-state index in [1.807, 2.05) is 37.3 Å². The largest absolute Gasteiger partial charge is 0.388 e. The summed E-state index contributed by atoms with van der Waals surface area (Å²) < 4.78 is 23.2. The van der Waals surface area contributed by atoms with Crippen LogP contribution in [0.25, 0.3) is 0 Å². The van der Waals surface area contributed by atoms with E-state index in [2.05, 4.69) is 0 Å². The SMILES string of the molecule is CC1(c2ccccc2)OC2OC3C(O)COC3C2O1. The molecule has 1 N–H and O–H groups in total. The van der Waals surface area contributed by atoms with Gasteiger partial charge >= 0.3 is 0 Å². The van der Waals surface area contributed by atoms with Crippen molar-refractivity contribution >= 4 is 0 Å². The molecule has 0 bridgehead atoms. The lowest BCUT2D eigenvalue weighted by Crippen LogP contribution is -2.35. The number of hydrogen-bond donors (Lipinski definition) is 1. The van der Waals surface area contributed by atoms with Gasteiger partial charge in [0.2, 0.25) is 0 Å². The van der Waals surface area contributed by atoms with E-state index in [4.69, 9.17) is 18.9 Å². The Kier molecular flexibility index (Phi) is 2.49. The fourth-order valence-corrected chi connectivity index (χ4v) is 3.06. The van der Waals surface area contributed by atoms with Crippen molar-refractivity contribution in [1.82, 2.24) is 0 Å². The second-order valence-corrected chi connectivity index (χ2v) is 5.35. The van der Waals surface area contributed by atoms with Gasteiger partial charge in [0.15, 0.2) is 12.1 Å². The lowest BCUT2D eigenvalue weighted by molar-refractivity contribution is -0.230. The molecular formula is C14H16O5. The first kappa shape index (κ1) is 11.8. The Morgan fingerprint density at radius 3 is 2.68 bits per heavy atom. The van der Waals surface area contributed by atoms with E-state index in [0.29, 0.717) is 6.61 Å². The molecule has 3 heterocycles. The van der Waals surface area contributed by atoms with Crippen molar-refractivity contribution in [3.05, 3.63) is 35.9 Å². The Bertz CT molecular complexity index is 478. The summed E-state index contributed by atoms with van der Waals surface area (Å²) in [5.74, 6) is -0.821. The van der Waals surface area contributed by atoms with Crippen molar-refractivity contribution < 1.29 is 24.1 Å². The highest BCUT2D eigenvalue weighted by Gasteiger charge is 2.60. The second kappa shape index (κ2) is 4.01. The van der Waals surface area contributed by atoms with E-state index < -0.39 is 18.2 Å². The zero-order chi connectivity index (χ0) is 13.0. The molecule has 0 amide bonds. The van der Waals surface area contributed by atoms with Crippen LogP contribution in [-0.4, -0.2) is 42.4 Å². The summed E-state index contributed by atoms with van der Waals surface area (Å²) in [5.41, 5.74) is 0.947. The van der Waals surface area contributed by atoms with Crippen molar-refractivity contribution in [1.29, 1.82) is 0 Å². The number of rotatable bonds is 1. The van der Waals surface area contributed by atoms with E-state index >= 15 is 0 Å². The molecule has 6 unspecified atom stereocenters. The first-order valence-corrected chi connectivity index (χ1v) is 6.54.